The maximum absolute atomic E-state index is 12.6. The van der Waals surface area contributed by atoms with E-state index in [0.29, 0.717) is 31.1 Å². The summed E-state index contributed by atoms with van der Waals surface area (Å²) >= 11 is 1.26. The van der Waals surface area contributed by atoms with E-state index in [2.05, 4.69) is 29.4 Å². The van der Waals surface area contributed by atoms with Crippen LogP contribution in [0.2, 0.25) is 0 Å². The van der Waals surface area contributed by atoms with Crippen LogP contribution in [0.5, 0.6) is 0 Å². The Balaban J connectivity index is 1.76. The van der Waals surface area contributed by atoms with E-state index in [4.69, 9.17) is 11.5 Å². The molecule has 0 radical (unpaired) electrons. The predicted octanol–water partition coefficient (Wildman–Crippen LogP) is 1.46. The molecule has 1 atom stereocenters. The normalized spacial score (nSPS) is 17.2. The predicted molar refractivity (Wildman–Crippen MR) is 138 cm³/mol. The van der Waals surface area contributed by atoms with Gasteiger partial charge in [-0.25, -0.2) is 0 Å². The summed E-state index contributed by atoms with van der Waals surface area (Å²) in [7, 11) is 0. The van der Waals surface area contributed by atoms with Gasteiger partial charge in [-0.05, 0) is 50.6 Å². The molecular weight excluding hydrogens is 452 g/mol. The first-order valence-corrected chi connectivity index (χ1v) is 12.8. The Labute approximate surface area is 206 Å². The van der Waals surface area contributed by atoms with Gasteiger partial charge in [-0.3, -0.25) is 14.4 Å². The van der Waals surface area contributed by atoms with Crippen molar-refractivity contribution in [2.45, 2.75) is 45.3 Å². The van der Waals surface area contributed by atoms with Gasteiger partial charge in [-0.1, -0.05) is 37.7 Å². The molecule has 9 nitrogen and oxygen atoms in total. The molecule has 1 aromatic carbocycles. The Hall–Kier alpha value is -2.72. The largest absolute Gasteiger partial charge is 0.392 e. The summed E-state index contributed by atoms with van der Waals surface area (Å²) in [5.41, 5.74) is 13.0. The number of benzene rings is 1. The summed E-state index contributed by atoms with van der Waals surface area (Å²) < 4.78 is 0. The molecule has 3 amide bonds. The topological polar surface area (TPSA) is 134 Å². The van der Waals surface area contributed by atoms with E-state index < -0.39 is 5.91 Å². The molecule has 0 unspecified atom stereocenters. The molecule has 2 rings (SSSR count). The zero-order valence-corrected chi connectivity index (χ0v) is 21.2. The smallest absolute Gasteiger partial charge is 0.267 e. The molecule has 0 bridgehead atoms. The number of aryl methyl sites for hydroxylation is 1. The number of nitrogens with zero attached hydrogens (tertiary/aromatic N) is 2. The number of hydrogen-bond donors (Lipinski definition) is 4. The van der Waals surface area contributed by atoms with Crippen molar-refractivity contribution in [1.82, 2.24) is 15.1 Å². The van der Waals surface area contributed by atoms with Crippen LogP contribution in [0.4, 0.5) is 5.69 Å². The Bertz CT molecular complexity index is 870. The number of hydrogen-bond acceptors (Lipinski definition) is 7. The molecule has 1 aliphatic rings. The van der Waals surface area contributed by atoms with E-state index in [-0.39, 0.29) is 22.8 Å². The van der Waals surface area contributed by atoms with Gasteiger partial charge in [0.2, 0.25) is 11.8 Å². The van der Waals surface area contributed by atoms with Crippen molar-refractivity contribution in [3.8, 4) is 0 Å². The molecule has 188 valence electrons. The van der Waals surface area contributed by atoms with Gasteiger partial charge in [-0.15, -0.1) is 0 Å². The van der Waals surface area contributed by atoms with Crippen LogP contribution in [-0.2, 0) is 20.8 Å². The van der Waals surface area contributed by atoms with Crippen molar-refractivity contribution in [3.05, 3.63) is 40.6 Å². The highest BCUT2D eigenvalue weighted by molar-refractivity contribution is 8.04. The average molecular weight is 491 g/mol. The fourth-order valence-electron chi connectivity index (χ4n) is 3.70. The fourth-order valence-corrected chi connectivity index (χ4v) is 4.94. The van der Waals surface area contributed by atoms with Crippen LogP contribution < -0.4 is 22.1 Å². The lowest BCUT2D eigenvalue weighted by Crippen LogP contribution is -2.34. The van der Waals surface area contributed by atoms with Crippen LogP contribution in [-0.4, -0.2) is 72.0 Å². The molecule has 1 aromatic rings. The first kappa shape index (κ1) is 27.5. The highest BCUT2D eigenvalue weighted by Crippen LogP contribution is 2.36. The van der Waals surface area contributed by atoms with E-state index in [9.17, 15) is 14.4 Å². The van der Waals surface area contributed by atoms with Crippen molar-refractivity contribution < 1.29 is 14.4 Å². The number of nitrogens with two attached hydrogens (primary N) is 2. The van der Waals surface area contributed by atoms with E-state index in [1.807, 2.05) is 31.2 Å². The van der Waals surface area contributed by atoms with Crippen LogP contribution in [0.15, 0.2) is 35.0 Å². The summed E-state index contributed by atoms with van der Waals surface area (Å²) in [4.78, 5) is 39.9. The monoisotopic (exact) mass is 490 g/mol. The van der Waals surface area contributed by atoms with Gasteiger partial charge in [0, 0.05) is 38.3 Å². The van der Waals surface area contributed by atoms with Crippen molar-refractivity contribution >= 4 is 35.2 Å². The molecule has 1 heterocycles. The summed E-state index contributed by atoms with van der Waals surface area (Å²) in [5.74, 6) is -0.725. The molecule has 0 aliphatic carbocycles. The fraction of sp³-hybridized carbons (Fsp3) is 0.542. The number of carbonyl (C=O) groups is 3. The lowest BCUT2D eigenvalue weighted by atomic mass is 10.1. The minimum Gasteiger partial charge on any atom is -0.392 e. The number of nitrogens with one attached hydrogen (secondary N) is 2. The molecule has 0 spiro atoms. The van der Waals surface area contributed by atoms with Gasteiger partial charge in [-0.2, -0.15) is 0 Å². The summed E-state index contributed by atoms with van der Waals surface area (Å²) in [6, 6.07) is 7.99. The number of likely N-dealkylation sites (N-methyl/N-ethyl adjacent to an activating group) is 1. The molecular formula is C24H38N6O3S. The molecule has 1 saturated heterocycles. The Kier molecular flexibility index (Phi) is 11.2. The number of amides is 3. The van der Waals surface area contributed by atoms with Gasteiger partial charge in [0.05, 0.1) is 0 Å². The van der Waals surface area contributed by atoms with Crippen molar-refractivity contribution in [1.29, 1.82) is 0 Å². The van der Waals surface area contributed by atoms with E-state index >= 15 is 0 Å². The third kappa shape index (κ3) is 7.95. The van der Waals surface area contributed by atoms with E-state index in [1.165, 1.54) is 16.7 Å². The second kappa shape index (κ2) is 13.9. The van der Waals surface area contributed by atoms with Crippen LogP contribution >= 0.6 is 11.8 Å². The van der Waals surface area contributed by atoms with Crippen LogP contribution in [0.3, 0.4) is 0 Å². The lowest BCUT2D eigenvalue weighted by Gasteiger charge is -2.17. The SMILES string of the molecule is CCN(CC)CCNC(=O)CCCc1ccc(NC[C@H]2S/C(=C(/N)C(N)=O)N(CC)C2=O)cc1. The van der Waals surface area contributed by atoms with Crippen molar-refractivity contribution in [2.24, 2.45) is 11.5 Å². The standard InChI is InChI=1S/C24H38N6O3S/c1-4-29(5-2)15-14-27-20(31)9-7-8-17-10-12-18(13-11-17)28-16-19-23(33)30(6-3)24(34-19)21(25)22(26)32/h10-13,19,28H,4-9,14-16,25H2,1-3H3,(H2,26,32)(H,27,31)/b24-21+/t19-/m1/s1. The van der Waals surface area contributed by atoms with Gasteiger partial charge < -0.3 is 31.9 Å². The second-order valence-corrected chi connectivity index (χ2v) is 9.27. The van der Waals surface area contributed by atoms with Gasteiger partial charge >= 0.3 is 0 Å². The highest BCUT2D eigenvalue weighted by Gasteiger charge is 2.37. The van der Waals surface area contributed by atoms with Crippen molar-refractivity contribution in [2.75, 3.05) is 44.6 Å². The van der Waals surface area contributed by atoms with Gasteiger partial charge in [0.1, 0.15) is 16.0 Å². The van der Waals surface area contributed by atoms with Crippen LogP contribution in [0.1, 0.15) is 39.2 Å². The molecule has 1 fully saturated rings. The van der Waals surface area contributed by atoms with Crippen molar-refractivity contribution in [3.63, 3.8) is 0 Å². The third-order valence-electron chi connectivity index (χ3n) is 5.81. The average Bonchev–Trinajstić information content (AvgIpc) is 3.15. The zero-order valence-electron chi connectivity index (χ0n) is 20.4. The molecule has 6 N–H and O–H groups in total. The quantitative estimate of drug-likeness (QED) is 0.290. The highest BCUT2D eigenvalue weighted by atomic mass is 32.2. The molecule has 1 aliphatic heterocycles. The second-order valence-electron chi connectivity index (χ2n) is 8.08. The number of carbonyl (C=O) groups excluding carboxylic acids is 3. The maximum Gasteiger partial charge on any atom is 0.267 e. The molecule has 0 aromatic heterocycles. The van der Waals surface area contributed by atoms with Crippen LogP contribution in [0.25, 0.3) is 0 Å². The Morgan fingerprint density at radius 1 is 1.12 bits per heavy atom. The van der Waals surface area contributed by atoms with E-state index in [1.54, 1.807) is 0 Å². The Morgan fingerprint density at radius 3 is 2.38 bits per heavy atom. The maximum atomic E-state index is 12.6. The molecule has 0 saturated carbocycles. The van der Waals surface area contributed by atoms with Gasteiger partial charge in [0.25, 0.3) is 5.91 Å². The number of anilines is 1. The molecule has 34 heavy (non-hydrogen) atoms. The number of thioether (sulfide) groups is 1. The van der Waals surface area contributed by atoms with E-state index in [0.717, 1.165) is 43.7 Å². The third-order valence-corrected chi connectivity index (χ3v) is 7.13. The Morgan fingerprint density at radius 2 is 1.79 bits per heavy atom. The zero-order chi connectivity index (χ0) is 25.1. The summed E-state index contributed by atoms with van der Waals surface area (Å²) in [6.45, 7) is 10.5. The summed E-state index contributed by atoms with van der Waals surface area (Å²) in [6.07, 6.45) is 2.13. The van der Waals surface area contributed by atoms with Gasteiger partial charge in [0.15, 0.2) is 0 Å². The minimum atomic E-state index is -0.727. The number of primary amides is 1. The summed E-state index contributed by atoms with van der Waals surface area (Å²) in [5, 5.41) is 6.31. The van der Waals surface area contributed by atoms with Crippen LogP contribution in [0, 0.1) is 0 Å². The first-order chi connectivity index (χ1) is 16.3. The number of rotatable bonds is 14. The molecule has 10 heteroatoms. The lowest BCUT2D eigenvalue weighted by molar-refractivity contribution is -0.127. The first-order valence-electron chi connectivity index (χ1n) is 11.9. The minimum absolute atomic E-state index is 0.0791.